The highest BCUT2D eigenvalue weighted by Gasteiger charge is 2.37. The fraction of sp³-hybridized carbons (Fsp3) is 0.600. The lowest BCUT2D eigenvalue weighted by Crippen LogP contribution is -2.55. The Labute approximate surface area is 213 Å². The molecule has 2 atom stereocenters. The van der Waals surface area contributed by atoms with E-state index in [0.29, 0.717) is 5.56 Å². The number of nitrogens with one attached hydrogen (secondary N) is 2. The average molecular weight is 510 g/mol. The van der Waals surface area contributed by atoms with E-state index in [9.17, 15) is 19.2 Å². The third-order valence-corrected chi connectivity index (χ3v) is 5.20. The van der Waals surface area contributed by atoms with Crippen LogP contribution in [0.5, 0.6) is 0 Å². The second kappa shape index (κ2) is 14.0. The zero-order chi connectivity index (χ0) is 26.8. The molecule has 1 aromatic rings. The average Bonchev–Trinajstić information content (AvgIpc) is 2.74. The number of amides is 3. The molecule has 2 N–H and O–H groups in total. The minimum Gasteiger partial charge on any atom is -0.466 e. The van der Waals surface area contributed by atoms with Gasteiger partial charge in [0.1, 0.15) is 17.7 Å². The maximum Gasteiger partial charge on any atom is 0.408 e. The van der Waals surface area contributed by atoms with Crippen molar-refractivity contribution < 1.29 is 28.7 Å². The van der Waals surface area contributed by atoms with Crippen LogP contribution in [0.15, 0.2) is 24.3 Å². The second-order valence-corrected chi connectivity index (χ2v) is 9.75. The molecular formula is C25H39N3O6S. The number of esters is 1. The molecular weight excluding hydrogens is 470 g/mol. The van der Waals surface area contributed by atoms with Crippen molar-refractivity contribution in [1.29, 1.82) is 0 Å². The number of carbonyl (C=O) groups is 4. The van der Waals surface area contributed by atoms with Gasteiger partial charge < -0.3 is 25.0 Å². The topological polar surface area (TPSA) is 114 Å². The van der Waals surface area contributed by atoms with Crippen LogP contribution in [0.3, 0.4) is 0 Å². The molecule has 3 amide bonds. The predicted molar refractivity (Wildman–Crippen MR) is 137 cm³/mol. The van der Waals surface area contributed by atoms with Crippen LogP contribution < -0.4 is 10.6 Å². The first-order chi connectivity index (χ1) is 16.3. The molecule has 0 fully saturated rings. The first kappa shape index (κ1) is 30.3. The van der Waals surface area contributed by atoms with E-state index in [0.717, 1.165) is 5.56 Å². The van der Waals surface area contributed by atoms with E-state index in [2.05, 4.69) is 23.3 Å². The van der Waals surface area contributed by atoms with Gasteiger partial charge in [-0.3, -0.25) is 14.4 Å². The first-order valence-corrected chi connectivity index (χ1v) is 12.4. The Kier molecular flexibility index (Phi) is 12.1. The fourth-order valence-electron chi connectivity index (χ4n) is 3.30. The van der Waals surface area contributed by atoms with E-state index in [-0.39, 0.29) is 25.3 Å². The summed E-state index contributed by atoms with van der Waals surface area (Å²) in [7, 11) is 0. The van der Waals surface area contributed by atoms with Crippen LogP contribution in [-0.4, -0.2) is 65.4 Å². The Hall–Kier alpha value is -2.75. The maximum atomic E-state index is 13.6. The van der Waals surface area contributed by atoms with Crippen molar-refractivity contribution in [1.82, 2.24) is 15.5 Å². The van der Waals surface area contributed by atoms with Crippen LogP contribution in [0.2, 0.25) is 0 Å². The van der Waals surface area contributed by atoms with Crippen LogP contribution in [0.25, 0.3) is 0 Å². The van der Waals surface area contributed by atoms with Gasteiger partial charge in [-0.1, -0.05) is 29.8 Å². The normalized spacial score (nSPS) is 12.9. The Morgan fingerprint density at radius 3 is 2.17 bits per heavy atom. The monoisotopic (exact) mass is 509 g/mol. The zero-order valence-corrected chi connectivity index (χ0v) is 22.6. The number of benzene rings is 1. The third-order valence-electron chi connectivity index (χ3n) is 4.84. The molecule has 0 aliphatic heterocycles. The minimum atomic E-state index is -1.02. The number of nitrogens with zero attached hydrogens (tertiary/aromatic N) is 1. The molecule has 0 radical (unpaired) electrons. The molecule has 1 rings (SSSR count). The van der Waals surface area contributed by atoms with Gasteiger partial charge >= 0.3 is 12.1 Å². The van der Waals surface area contributed by atoms with Gasteiger partial charge in [-0.05, 0) is 54.0 Å². The number of carbonyl (C=O) groups excluding carboxylic acids is 4. The van der Waals surface area contributed by atoms with Crippen LogP contribution >= 0.6 is 12.6 Å². The highest BCUT2D eigenvalue weighted by molar-refractivity contribution is 7.80. The summed E-state index contributed by atoms with van der Waals surface area (Å²) < 4.78 is 10.2. The van der Waals surface area contributed by atoms with Crippen molar-refractivity contribution in [2.45, 2.75) is 78.6 Å². The number of alkyl carbamates (subject to hydrolysis) is 1. The van der Waals surface area contributed by atoms with E-state index >= 15 is 0 Å². The van der Waals surface area contributed by atoms with E-state index in [1.807, 2.05) is 19.1 Å². The van der Waals surface area contributed by atoms with Crippen LogP contribution in [0, 0.1) is 6.92 Å². The summed E-state index contributed by atoms with van der Waals surface area (Å²) >= 11 is 4.25. The van der Waals surface area contributed by atoms with Gasteiger partial charge in [0, 0.05) is 18.3 Å². The van der Waals surface area contributed by atoms with Gasteiger partial charge in [0.15, 0.2) is 0 Å². The smallest absolute Gasteiger partial charge is 0.408 e. The molecule has 2 unspecified atom stereocenters. The number of aryl methyl sites for hydroxylation is 1. The predicted octanol–water partition coefficient (Wildman–Crippen LogP) is 3.17. The Balaban J connectivity index is 3.24. The second-order valence-electron chi connectivity index (χ2n) is 9.38. The van der Waals surface area contributed by atoms with Crippen molar-refractivity contribution in [2.75, 3.05) is 18.9 Å². The number of rotatable bonds is 11. The van der Waals surface area contributed by atoms with Gasteiger partial charge in [0.2, 0.25) is 11.8 Å². The molecule has 0 aromatic heterocycles. The number of ether oxygens (including phenoxy) is 2. The molecule has 196 valence electrons. The minimum absolute atomic E-state index is 0.00634. The van der Waals surface area contributed by atoms with Crippen molar-refractivity contribution in [3.8, 4) is 0 Å². The summed E-state index contributed by atoms with van der Waals surface area (Å²) in [6.07, 6.45) is -0.741. The number of thiol groups is 1. The fourth-order valence-corrected chi connectivity index (χ4v) is 3.55. The molecule has 0 aliphatic rings. The Morgan fingerprint density at radius 2 is 1.69 bits per heavy atom. The van der Waals surface area contributed by atoms with Gasteiger partial charge in [-0.25, -0.2) is 4.79 Å². The van der Waals surface area contributed by atoms with Crippen molar-refractivity contribution >= 4 is 36.5 Å². The standard InChI is InChI=1S/C25H39N3O6S/c1-8-33-20(29)13-14-26-22(30)21(18-11-9-17(4)10-12-18)28(16(2)3)23(31)19(15-35)27-24(32)34-25(5,6)7/h9-12,16,19,21,35H,8,13-15H2,1-7H3,(H,26,30)(H,27,32). The molecule has 10 heteroatoms. The maximum absolute atomic E-state index is 13.6. The summed E-state index contributed by atoms with van der Waals surface area (Å²) in [6.45, 7) is 12.7. The molecule has 0 heterocycles. The van der Waals surface area contributed by atoms with Crippen LogP contribution in [0.1, 0.15) is 65.1 Å². The van der Waals surface area contributed by atoms with E-state index in [1.165, 1.54) is 4.90 Å². The summed E-state index contributed by atoms with van der Waals surface area (Å²) in [5.41, 5.74) is 0.855. The van der Waals surface area contributed by atoms with E-state index in [1.54, 1.807) is 53.7 Å². The molecule has 0 aliphatic carbocycles. The molecule has 0 spiro atoms. The van der Waals surface area contributed by atoms with Crippen molar-refractivity contribution in [2.24, 2.45) is 0 Å². The summed E-state index contributed by atoms with van der Waals surface area (Å²) in [5, 5.41) is 5.30. The summed E-state index contributed by atoms with van der Waals surface area (Å²) in [4.78, 5) is 52.4. The third kappa shape index (κ3) is 10.2. The van der Waals surface area contributed by atoms with E-state index in [4.69, 9.17) is 9.47 Å². The highest BCUT2D eigenvalue weighted by atomic mass is 32.1. The van der Waals surface area contributed by atoms with E-state index < -0.39 is 47.6 Å². The Bertz CT molecular complexity index is 867. The largest absolute Gasteiger partial charge is 0.466 e. The zero-order valence-electron chi connectivity index (χ0n) is 21.7. The highest BCUT2D eigenvalue weighted by Crippen LogP contribution is 2.25. The Morgan fingerprint density at radius 1 is 1.09 bits per heavy atom. The molecule has 0 bridgehead atoms. The molecule has 9 nitrogen and oxygen atoms in total. The number of hydrogen-bond donors (Lipinski definition) is 3. The lowest BCUT2D eigenvalue weighted by Gasteiger charge is -2.37. The molecule has 0 saturated carbocycles. The van der Waals surface area contributed by atoms with Gasteiger partial charge in [-0.2, -0.15) is 12.6 Å². The number of hydrogen-bond acceptors (Lipinski definition) is 7. The quantitative estimate of drug-likeness (QED) is 0.312. The molecule has 35 heavy (non-hydrogen) atoms. The first-order valence-electron chi connectivity index (χ1n) is 11.7. The SMILES string of the molecule is CCOC(=O)CCNC(=O)C(c1ccc(C)cc1)N(C(=O)C(CS)NC(=O)OC(C)(C)C)C(C)C. The van der Waals surface area contributed by atoms with Crippen molar-refractivity contribution in [3.63, 3.8) is 0 Å². The lowest BCUT2D eigenvalue weighted by molar-refractivity contribution is -0.145. The molecule has 1 aromatic carbocycles. The lowest BCUT2D eigenvalue weighted by atomic mass is 10.00. The summed E-state index contributed by atoms with van der Waals surface area (Å²) in [5.74, 6) is -1.35. The summed E-state index contributed by atoms with van der Waals surface area (Å²) in [6, 6.07) is 4.87. The molecule has 0 saturated heterocycles. The van der Waals surface area contributed by atoms with Crippen molar-refractivity contribution in [3.05, 3.63) is 35.4 Å². The van der Waals surface area contributed by atoms with Crippen LogP contribution in [0.4, 0.5) is 4.79 Å². The van der Waals surface area contributed by atoms with Gasteiger partial charge in [0.05, 0.1) is 13.0 Å². The van der Waals surface area contributed by atoms with Gasteiger partial charge in [0.25, 0.3) is 0 Å². The van der Waals surface area contributed by atoms with Gasteiger partial charge in [-0.15, -0.1) is 0 Å². The van der Waals surface area contributed by atoms with Crippen LogP contribution in [-0.2, 0) is 23.9 Å².